The van der Waals surface area contributed by atoms with Gasteiger partial charge in [0.25, 0.3) is 0 Å². The highest BCUT2D eigenvalue weighted by molar-refractivity contribution is 7.80. The maximum atomic E-state index is 5.47. The van der Waals surface area contributed by atoms with E-state index in [0.717, 1.165) is 18.1 Å². The van der Waals surface area contributed by atoms with Gasteiger partial charge >= 0.3 is 0 Å². The largest absolute Gasteiger partial charge is 0.360 e. The van der Waals surface area contributed by atoms with Crippen LogP contribution in [0.25, 0.3) is 0 Å². The maximum absolute atomic E-state index is 5.47. The number of thiocarbonyl (C=S) groups is 1. The highest BCUT2D eigenvalue weighted by atomic mass is 32.1. The van der Waals surface area contributed by atoms with E-state index < -0.39 is 0 Å². The molecule has 15 heavy (non-hydrogen) atoms. The molecule has 1 fully saturated rings. The van der Waals surface area contributed by atoms with Crippen molar-refractivity contribution in [2.45, 2.75) is 65.0 Å². The average molecular weight is 228 g/mol. The van der Waals surface area contributed by atoms with Crippen LogP contribution >= 0.6 is 12.2 Å². The second-order valence-corrected chi connectivity index (χ2v) is 4.86. The van der Waals surface area contributed by atoms with Crippen LogP contribution in [0.3, 0.4) is 0 Å². The Morgan fingerprint density at radius 1 is 1.40 bits per heavy atom. The molecule has 0 bridgehead atoms. The van der Waals surface area contributed by atoms with Gasteiger partial charge in [0.2, 0.25) is 0 Å². The van der Waals surface area contributed by atoms with Crippen molar-refractivity contribution in [2.75, 3.05) is 6.54 Å². The monoisotopic (exact) mass is 228 g/mol. The Labute approximate surface area is 99.4 Å². The van der Waals surface area contributed by atoms with E-state index in [-0.39, 0.29) is 0 Å². The summed E-state index contributed by atoms with van der Waals surface area (Å²) in [5.41, 5.74) is 0. The Morgan fingerprint density at radius 3 is 2.47 bits per heavy atom. The molecule has 1 saturated carbocycles. The van der Waals surface area contributed by atoms with Crippen LogP contribution in [0.1, 0.15) is 52.9 Å². The van der Waals surface area contributed by atoms with Crippen LogP contribution in [0.5, 0.6) is 0 Å². The third kappa shape index (κ3) is 3.63. The van der Waals surface area contributed by atoms with E-state index in [2.05, 4.69) is 31.0 Å². The SMILES string of the molecule is CCC(C)N(CC)C(=S)NC1CCCC1. The van der Waals surface area contributed by atoms with Gasteiger partial charge in [-0.15, -0.1) is 0 Å². The first kappa shape index (κ1) is 12.8. The van der Waals surface area contributed by atoms with Crippen molar-refractivity contribution in [3.8, 4) is 0 Å². The van der Waals surface area contributed by atoms with Crippen molar-refractivity contribution in [2.24, 2.45) is 0 Å². The third-order valence-electron chi connectivity index (χ3n) is 3.41. The molecule has 0 radical (unpaired) electrons. The van der Waals surface area contributed by atoms with E-state index in [1.165, 1.54) is 25.7 Å². The minimum Gasteiger partial charge on any atom is -0.360 e. The highest BCUT2D eigenvalue weighted by Crippen LogP contribution is 2.18. The molecule has 0 heterocycles. The summed E-state index contributed by atoms with van der Waals surface area (Å²) >= 11 is 5.47. The predicted molar refractivity (Wildman–Crippen MR) is 70.1 cm³/mol. The summed E-state index contributed by atoms with van der Waals surface area (Å²) < 4.78 is 0. The lowest BCUT2D eigenvalue weighted by molar-refractivity contribution is 0.328. The van der Waals surface area contributed by atoms with E-state index in [9.17, 15) is 0 Å². The van der Waals surface area contributed by atoms with Crippen LogP contribution in [-0.4, -0.2) is 28.6 Å². The predicted octanol–water partition coefficient (Wildman–Crippen LogP) is 2.92. The van der Waals surface area contributed by atoms with Gasteiger partial charge in [0.15, 0.2) is 5.11 Å². The molecule has 88 valence electrons. The fourth-order valence-corrected chi connectivity index (χ4v) is 2.68. The standard InChI is InChI=1S/C12H24N2S/c1-4-10(3)14(5-2)12(15)13-11-8-6-7-9-11/h10-11H,4-9H2,1-3H3,(H,13,15). The zero-order valence-corrected chi connectivity index (χ0v) is 11.1. The Morgan fingerprint density at radius 2 is 2.00 bits per heavy atom. The first-order valence-corrected chi connectivity index (χ1v) is 6.67. The average Bonchev–Trinajstić information content (AvgIpc) is 2.71. The smallest absolute Gasteiger partial charge is 0.169 e. The number of nitrogens with zero attached hydrogens (tertiary/aromatic N) is 1. The fourth-order valence-electron chi connectivity index (χ4n) is 2.20. The van der Waals surface area contributed by atoms with Crippen LogP contribution in [-0.2, 0) is 0 Å². The van der Waals surface area contributed by atoms with Crippen LogP contribution in [0, 0.1) is 0 Å². The summed E-state index contributed by atoms with van der Waals surface area (Å²) in [4.78, 5) is 2.30. The van der Waals surface area contributed by atoms with E-state index >= 15 is 0 Å². The van der Waals surface area contributed by atoms with E-state index in [0.29, 0.717) is 12.1 Å². The number of hydrogen-bond acceptors (Lipinski definition) is 1. The first-order chi connectivity index (χ1) is 7.19. The molecule has 1 unspecified atom stereocenters. The summed E-state index contributed by atoms with van der Waals surface area (Å²) in [7, 11) is 0. The molecule has 1 aliphatic carbocycles. The van der Waals surface area contributed by atoms with Crippen LogP contribution in [0.15, 0.2) is 0 Å². The topological polar surface area (TPSA) is 15.3 Å². The lowest BCUT2D eigenvalue weighted by Crippen LogP contribution is -2.47. The summed E-state index contributed by atoms with van der Waals surface area (Å²) in [6.45, 7) is 7.64. The summed E-state index contributed by atoms with van der Waals surface area (Å²) in [6, 6.07) is 1.19. The molecule has 0 aliphatic heterocycles. The molecule has 1 N–H and O–H groups in total. The molecule has 1 rings (SSSR count). The Bertz CT molecular complexity index is 200. The number of nitrogens with one attached hydrogen (secondary N) is 1. The van der Waals surface area contributed by atoms with Gasteiger partial charge in [-0.05, 0) is 45.3 Å². The van der Waals surface area contributed by atoms with Gasteiger partial charge in [-0.25, -0.2) is 0 Å². The normalized spacial score (nSPS) is 18.9. The van der Waals surface area contributed by atoms with Gasteiger partial charge in [-0.1, -0.05) is 19.8 Å². The first-order valence-electron chi connectivity index (χ1n) is 6.26. The van der Waals surface area contributed by atoms with Gasteiger partial charge in [-0.3, -0.25) is 0 Å². The van der Waals surface area contributed by atoms with Crippen LogP contribution < -0.4 is 5.32 Å². The van der Waals surface area contributed by atoms with Crippen LogP contribution in [0.4, 0.5) is 0 Å². The van der Waals surface area contributed by atoms with Crippen molar-refractivity contribution in [1.82, 2.24) is 10.2 Å². The van der Waals surface area contributed by atoms with Crippen molar-refractivity contribution in [3.63, 3.8) is 0 Å². The molecular weight excluding hydrogens is 204 g/mol. The molecule has 3 heteroatoms. The molecule has 0 spiro atoms. The van der Waals surface area contributed by atoms with Crippen molar-refractivity contribution in [1.29, 1.82) is 0 Å². The maximum Gasteiger partial charge on any atom is 0.169 e. The van der Waals surface area contributed by atoms with E-state index in [1.54, 1.807) is 0 Å². The van der Waals surface area contributed by atoms with E-state index in [1.807, 2.05) is 0 Å². The zero-order valence-electron chi connectivity index (χ0n) is 10.3. The zero-order chi connectivity index (χ0) is 11.3. The molecule has 1 atom stereocenters. The van der Waals surface area contributed by atoms with Gasteiger partial charge in [0.05, 0.1) is 0 Å². The Kier molecular flexibility index (Phi) is 5.37. The molecule has 0 aromatic carbocycles. The van der Waals surface area contributed by atoms with Crippen LogP contribution in [0.2, 0.25) is 0 Å². The second kappa shape index (κ2) is 6.31. The Balaban J connectivity index is 2.41. The highest BCUT2D eigenvalue weighted by Gasteiger charge is 2.19. The fraction of sp³-hybridized carbons (Fsp3) is 0.917. The molecule has 0 aromatic rings. The minimum atomic E-state index is 0.552. The quantitative estimate of drug-likeness (QED) is 0.745. The lowest BCUT2D eigenvalue weighted by Gasteiger charge is -2.31. The second-order valence-electron chi connectivity index (χ2n) is 4.47. The summed E-state index contributed by atoms with van der Waals surface area (Å²) in [6.07, 6.45) is 6.45. The van der Waals surface area contributed by atoms with Gasteiger partial charge in [0, 0.05) is 18.6 Å². The summed E-state index contributed by atoms with van der Waals surface area (Å²) in [5, 5.41) is 4.46. The molecule has 0 aromatic heterocycles. The molecule has 2 nitrogen and oxygen atoms in total. The van der Waals surface area contributed by atoms with Crippen molar-refractivity contribution >= 4 is 17.3 Å². The van der Waals surface area contributed by atoms with Crippen molar-refractivity contribution < 1.29 is 0 Å². The minimum absolute atomic E-state index is 0.552. The molecular formula is C12H24N2S. The molecule has 0 saturated heterocycles. The number of hydrogen-bond donors (Lipinski definition) is 1. The van der Waals surface area contributed by atoms with Gasteiger partial charge in [0.1, 0.15) is 0 Å². The third-order valence-corrected chi connectivity index (χ3v) is 3.76. The van der Waals surface area contributed by atoms with Gasteiger partial charge in [-0.2, -0.15) is 0 Å². The lowest BCUT2D eigenvalue weighted by atomic mass is 10.2. The molecule has 0 amide bonds. The number of rotatable bonds is 4. The molecule has 1 aliphatic rings. The van der Waals surface area contributed by atoms with Crippen molar-refractivity contribution in [3.05, 3.63) is 0 Å². The Hall–Kier alpha value is -0.310. The summed E-state index contributed by atoms with van der Waals surface area (Å²) in [5.74, 6) is 0. The van der Waals surface area contributed by atoms with E-state index in [4.69, 9.17) is 12.2 Å². The van der Waals surface area contributed by atoms with Gasteiger partial charge < -0.3 is 10.2 Å².